The summed E-state index contributed by atoms with van der Waals surface area (Å²) in [5.41, 5.74) is 5.74. The van der Waals surface area contributed by atoms with Crippen LogP contribution in [0.1, 0.15) is 15.9 Å². The highest BCUT2D eigenvalue weighted by molar-refractivity contribution is 6.31. The fourth-order valence-electron chi connectivity index (χ4n) is 1.69. The lowest BCUT2D eigenvalue weighted by atomic mass is 10.2. The van der Waals surface area contributed by atoms with Crippen molar-refractivity contribution >= 4 is 29.2 Å². The van der Waals surface area contributed by atoms with E-state index in [1.54, 1.807) is 7.05 Å². The average molecular weight is 310 g/mol. The van der Waals surface area contributed by atoms with Crippen LogP contribution in [0.5, 0.6) is 5.75 Å². The van der Waals surface area contributed by atoms with Gasteiger partial charge in [-0.25, -0.2) is 0 Å². The van der Waals surface area contributed by atoms with Crippen LogP contribution in [-0.4, -0.2) is 31.8 Å². The van der Waals surface area contributed by atoms with Gasteiger partial charge in [-0.15, -0.1) is 0 Å². The van der Waals surface area contributed by atoms with Gasteiger partial charge in [0.05, 0.1) is 17.3 Å². The van der Waals surface area contributed by atoms with E-state index in [4.69, 9.17) is 22.5 Å². The van der Waals surface area contributed by atoms with Crippen LogP contribution in [0.25, 0.3) is 0 Å². The molecule has 110 valence electrons. The summed E-state index contributed by atoms with van der Waals surface area (Å²) in [6.07, 6.45) is 1.34. The standard InChI is InChI=1S/C12H12ClN5O3/c1-18-11(8(5-15-18)10(14)17-21)16-12(20)7-4-6(13)2-3-9(7)19/h2-5,19,21H,1H3,(H2,14,17)(H,16,20). The molecule has 21 heavy (non-hydrogen) atoms. The molecule has 0 aliphatic rings. The fourth-order valence-corrected chi connectivity index (χ4v) is 1.86. The van der Waals surface area contributed by atoms with Crippen LogP contribution in [0.4, 0.5) is 5.82 Å². The highest BCUT2D eigenvalue weighted by Gasteiger charge is 2.18. The van der Waals surface area contributed by atoms with Crippen LogP contribution in [0.2, 0.25) is 5.02 Å². The molecule has 9 heteroatoms. The molecule has 1 heterocycles. The van der Waals surface area contributed by atoms with Crippen molar-refractivity contribution in [2.24, 2.45) is 17.9 Å². The Bertz CT molecular complexity index is 726. The van der Waals surface area contributed by atoms with Gasteiger partial charge in [-0.2, -0.15) is 5.10 Å². The molecular formula is C12H12ClN5O3. The largest absolute Gasteiger partial charge is 0.507 e. The van der Waals surface area contributed by atoms with Crippen LogP contribution >= 0.6 is 11.6 Å². The van der Waals surface area contributed by atoms with Gasteiger partial charge >= 0.3 is 0 Å². The van der Waals surface area contributed by atoms with Gasteiger partial charge in [0.2, 0.25) is 0 Å². The number of phenols is 1. The monoisotopic (exact) mass is 309 g/mol. The van der Waals surface area contributed by atoms with Crippen LogP contribution in [0.3, 0.4) is 0 Å². The second kappa shape index (κ2) is 5.71. The summed E-state index contributed by atoms with van der Waals surface area (Å²) in [5.74, 6) is -0.807. The van der Waals surface area contributed by atoms with E-state index in [0.29, 0.717) is 5.02 Å². The molecule has 2 aromatic rings. The van der Waals surface area contributed by atoms with Gasteiger partial charge in [-0.05, 0) is 18.2 Å². The number of amidine groups is 1. The number of benzene rings is 1. The van der Waals surface area contributed by atoms with E-state index in [2.05, 4.69) is 15.6 Å². The molecule has 8 nitrogen and oxygen atoms in total. The molecular weight excluding hydrogens is 298 g/mol. The molecule has 1 aromatic heterocycles. The highest BCUT2D eigenvalue weighted by Crippen LogP contribution is 2.23. The quantitative estimate of drug-likeness (QED) is 0.292. The van der Waals surface area contributed by atoms with Gasteiger partial charge in [0.15, 0.2) is 5.84 Å². The van der Waals surface area contributed by atoms with Crippen molar-refractivity contribution in [1.82, 2.24) is 9.78 Å². The van der Waals surface area contributed by atoms with Crippen molar-refractivity contribution in [2.45, 2.75) is 0 Å². The summed E-state index contributed by atoms with van der Waals surface area (Å²) >= 11 is 5.80. The molecule has 0 atom stereocenters. The molecule has 0 saturated heterocycles. The molecule has 0 bridgehead atoms. The highest BCUT2D eigenvalue weighted by atomic mass is 35.5. The maximum absolute atomic E-state index is 12.2. The Balaban J connectivity index is 2.36. The van der Waals surface area contributed by atoms with Crippen LogP contribution < -0.4 is 11.1 Å². The lowest BCUT2D eigenvalue weighted by Crippen LogP contribution is -2.20. The minimum atomic E-state index is -0.606. The Kier molecular flexibility index (Phi) is 3.99. The van der Waals surface area contributed by atoms with Crippen LogP contribution in [-0.2, 0) is 7.05 Å². The number of rotatable bonds is 3. The third-order valence-electron chi connectivity index (χ3n) is 2.76. The minimum absolute atomic E-state index is 0.00541. The third kappa shape index (κ3) is 2.90. The Morgan fingerprint density at radius 1 is 1.48 bits per heavy atom. The molecule has 0 spiro atoms. The van der Waals surface area contributed by atoms with Crippen molar-refractivity contribution in [3.63, 3.8) is 0 Å². The Hall–Kier alpha value is -2.74. The number of nitrogens with one attached hydrogen (secondary N) is 1. The van der Waals surface area contributed by atoms with E-state index >= 15 is 0 Å². The molecule has 0 saturated carbocycles. The number of aromatic nitrogens is 2. The molecule has 0 aliphatic heterocycles. The summed E-state index contributed by atoms with van der Waals surface area (Å²) in [6, 6.07) is 4.09. The molecule has 0 unspecified atom stereocenters. The maximum Gasteiger partial charge on any atom is 0.260 e. The number of hydrogen-bond acceptors (Lipinski definition) is 5. The number of aryl methyl sites for hydroxylation is 1. The number of hydrogen-bond donors (Lipinski definition) is 4. The molecule has 1 aromatic carbocycles. The molecule has 0 radical (unpaired) electrons. The van der Waals surface area contributed by atoms with Gasteiger partial charge in [0, 0.05) is 12.1 Å². The van der Waals surface area contributed by atoms with Crippen molar-refractivity contribution < 1.29 is 15.1 Å². The smallest absolute Gasteiger partial charge is 0.260 e. The zero-order valence-corrected chi connectivity index (χ0v) is 11.7. The molecule has 1 amide bonds. The van der Waals surface area contributed by atoms with E-state index in [1.165, 1.54) is 29.1 Å². The van der Waals surface area contributed by atoms with Crippen molar-refractivity contribution in [3.8, 4) is 5.75 Å². The van der Waals surface area contributed by atoms with Gasteiger partial charge in [-0.1, -0.05) is 16.8 Å². The number of halogens is 1. The van der Waals surface area contributed by atoms with E-state index < -0.39 is 5.91 Å². The van der Waals surface area contributed by atoms with E-state index in [0.717, 1.165) is 0 Å². The first-order valence-corrected chi connectivity index (χ1v) is 6.11. The number of anilines is 1. The first-order chi connectivity index (χ1) is 9.93. The normalized spacial score (nSPS) is 11.4. The van der Waals surface area contributed by atoms with E-state index in [1.807, 2.05) is 0 Å². The second-order valence-electron chi connectivity index (χ2n) is 4.13. The van der Waals surface area contributed by atoms with E-state index in [-0.39, 0.29) is 28.5 Å². The zero-order valence-electron chi connectivity index (χ0n) is 10.9. The second-order valence-corrected chi connectivity index (χ2v) is 4.57. The molecule has 5 N–H and O–H groups in total. The van der Waals surface area contributed by atoms with Crippen molar-refractivity contribution in [3.05, 3.63) is 40.5 Å². The summed E-state index contributed by atoms with van der Waals surface area (Å²) in [5, 5.41) is 28.0. The molecule has 2 rings (SSSR count). The van der Waals surface area contributed by atoms with Crippen molar-refractivity contribution in [1.29, 1.82) is 0 Å². The summed E-state index contributed by atoms with van der Waals surface area (Å²) in [7, 11) is 1.57. The number of carbonyl (C=O) groups excluding carboxylic acids is 1. The Labute approximate surface area is 124 Å². The maximum atomic E-state index is 12.2. The molecule has 0 aliphatic carbocycles. The first kappa shape index (κ1) is 14.7. The predicted molar refractivity (Wildman–Crippen MR) is 76.8 cm³/mol. The summed E-state index contributed by atoms with van der Waals surface area (Å²) in [4.78, 5) is 12.2. The number of phenolic OH excluding ortho intramolecular Hbond substituents is 1. The number of oxime groups is 1. The number of carbonyl (C=O) groups is 1. The van der Waals surface area contributed by atoms with Crippen LogP contribution in [0.15, 0.2) is 29.6 Å². The number of nitrogens with zero attached hydrogens (tertiary/aromatic N) is 3. The zero-order chi connectivity index (χ0) is 15.6. The van der Waals surface area contributed by atoms with Gasteiger partial charge in [0.1, 0.15) is 11.6 Å². The minimum Gasteiger partial charge on any atom is -0.507 e. The summed E-state index contributed by atoms with van der Waals surface area (Å²) < 4.78 is 1.34. The number of nitrogens with two attached hydrogens (primary N) is 1. The van der Waals surface area contributed by atoms with Gasteiger partial charge < -0.3 is 21.4 Å². The van der Waals surface area contributed by atoms with Crippen LogP contribution in [0, 0.1) is 0 Å². The number of amides is 1. The van der Waals surface area contributed by atoms with Gasteiger partial charge in [-0.3, -0.25) is 9.48 Å². The van der Waals surface area contributed by atoms with Crippen molar-refractivity contribution in [2.75, 3.05) is 5.32 Å². The third-order valence-corrected chi connectivity index (χ3v) is 2.99. The fraction of sp³-hybridized carbons (Fsp3) is 0.0833. The predicted octanol–water partition coefficient (Wildman–Crippen LogP) is 1.13. The molecule has 0 fully saturated rings. The SMILES string of the molecule is Cn1ncc(C(N)=NO)c1NC(=O)c1cc(Cl)ccc1O. The summed E-state index contributed by atoms with van der Waals surface area (Å²) in [6.45, 7) is 0. The Morgan fingerprint density at radius 3 is 2.86 bits per heavy atom. The average Bonchev–Trinajstić information content (AvgIpc) is 2.82. The first-order valence-electron chi connectivity index (χ1n) is 5.73. The number of aromatic hydroxyl groups is 1. The lowest BCUT2D eigenvalue weighted by Gasteiger charge is -2.09. The van der Waals surface area contributed by atoms with Gasteiger partial charge in [0.25, 0.3) is 5.91 Å². The lowest BCUT2D eigenvalue weighted by molar-refractivity contribution is 0.102. The Morgan fingerprint density at radius 2 is 2.19 bits per heavy atom. The van der Waals surface area contributed by atoms with E-state index in [9.17, 15) is 9.90 Å². The topological polar surface area (TPSA) is 126 Å².